The Morgan fingerprint density at radius 1 is 1.36 bits per heavy atom. The lowest BCUT2D eigenvalue weighted by atomic mass is 10.2. The molecule has 0 aliphatic carbocycles. The van der Waals surface area contributed by atoms with E-state index in [-0.39, 0.29) is 12.3 Å². The van der Waals surface area contributed by atoms with E-state index in [0.29, 0.717) is 5.56 Å². The molecule has 0 bridgehead atoms. The lowest BCUT2D eigenvalue weighted by Gasteiger charge is -2.09. The van der Waals surface area contributed by atoms with Crippen molar-refractivity contribution >= 4 is 6.72 Å². The van der Waals surface area contributed by atoms with Gasteiger partial charge in [-0.1, -0.05) is 12.1 Å². The van der Waals surface area contributed by atoms with Gasteiger partial charge in [-0.2, -0.15) is 0 Å². The van der Waals surface area contributed by atoms with Crippen LogP contribution in [0.5, 0.6) is 5.75 Å². The third-order valence-electron chi connectivity index (χ3n) is 1.43. The van der Waals surface area contributed by atoms with Crippen LogP contribution in [0.2, 0.25) is 0 Å². The zero-order valence-electron chi connectivity index (χ0n) is 7.21. The quantitative estimate of drug-likeness (QED) is 0.692. The number of halogens is 3. The Bertz CT molecular complexity index is 322. The normalized spacial score (nSPS) is 11.1. The molecule has 5 heteroatoms. The van der Waals surface area contributed by atoms with Gasteiger partial charge < -0.3 is 4.74 Å². The number of nitrogens with zero attached hydrogens (tertiary/aromatic N) is 1. The topological polar surface area (TPSA) is 21.6 Å². The van der Waals surface area contributed by atoms with Gasteiger partial charge >= 0.3 is 6.36 Å². The zero-order chi connectivity index (χ0) is 10.6. The maximum absolute atomic E-state index is 11.8. The van der Waals surface area contributed by atoms with Crippen molar-refractivity contribution in [2.75, 3.05) is 0 Å². The fraction of sp³-hybridized carbons (Fsp3) is 0.222. The molecule has 1 rings (SSSR count). The predicted octanol–water partition coefficient (Wildman–Crippen LogP) is 2.79. The molecule has 1 aromatic carbocycles. The summed E-state index contributed by atoms with van der Waals surface area (Å²) in [5.41, 5.74) is 0.627. The van der Waals surface area contributed by atoms with E-state index in [1.54, 1.807) is 6.07 Å². The van der Waals surface area contributed by atoms with Crippen LogP contribution < -0.4 is 4.74 Å². The SMILES string of the molecule is C=NCc1cccc(OC(F)(F)F)c1. The molecule has 1 aromatic rings. The van der Waals surface area contributed by atoms with E-state index < -0.39 is 6.36 Å². The Hall–Kier alpha value is -1.52. The summed E-state index contributed by atoms with van der Waals surface area (Å²) in [6.45, 7) is 3.52. The molecule has 0 saturated heterocycles. The maximum atomic E-state index is 11.8. The first-order chi connectivity index (χ1) is 6.51. The fourth-order valence-corrected chi connectivity index (χ4v) is 0.970. The Labute approximate surface area is 79.0 Å². The van der Waals surface area contributed by atoms with Crippen molar-refractivity contribution in [2.24, 2.45) is 4.99 Å². The molecule has 0 atom stereocenters. The number of aliphatic imine (C=N–C) groups is 1. The van der Waals surface area contributed by atoms with E-state index in [1.807, 2.05) is 0 Å². The zero-order valence-corrected chi connectivity index (χ0v) is 7.21. The van der Waals surface area contributed by atoms with E-state index >= 15 is 0 Å². The number of alkyl halides is 3. The standard InChI is InChI=1S/C9H8F3NO/c1-13-6-7-3-2-4-8(5-7)14-9(10,11)12/h2-5H,1,6H2. The minimum Gasteiger partial charge on any atom is -0.406 e. The largest absolute Gasteiger partial charge is 0.573 e. The Balaban J connectivity index is 2.78. The first kappa shape index (κ1) is 10.6. The molecule has 14 heavy (non-hydrogen) atoms. The van der Waals surface area contributed by atoms with Gasteiger partial charge in [0.05, 0.1) is 6.54 Å². The van der Waals surface area contributed by atoms with Crippen LogP contribution in [-0.2, 0) is 6.54 Å². The van der Waals surface area contributed by atoms with Gasteiger partial charge in [0.25, 0.3) is 0 Å². The van der Waals surface area contributed by atoms with Crippen LogP contribution in [0.15, 0.2) is 29.3 Å². The summed E-state index contributed by atoms with van der Waals surface area (Å²) in [5.74, 6) is -0.237. The first-order valence-electron chi connectivity index (χ1n) is 3.78. The molecule has 0 fully saturated rings. The van der Waals surface area contributed by atoms with Gasteiger partial charge in [-0.25, -0.2) is 0 Å². The molecule has 0 amide bonds. The van der Waals surface area contributed by atoms with Crippen molar-refractivity contribution in [3.05, 3.63) is 29.8 Å². The van der Waals surface area contributed by atoms with Crippen LogP contribution in [0.1, 0.15) is 5.56 Å². The molecule has 0 saturated carbocycles. The van der Waals surface area contributed by atoms with Gasteiger partial charge in [-0.05, 0) is 24.4 Å². The molecule has 0 aromatic heterocycles. The predicted molar refractivity (Wildman–Crippen MR) is 46.4 cm³/mol. The summed E-state index contributed by atoms with van der Waals surface area (Å²) < 4.78 is 39.1. The van der Waals surface area contributed by atoms with Crippen molar-refractivity contribution in [2.45, 2.75) is 12.9 Å². The van der Waals surface area contributed by atoms with Crippen LogP contribution in [-0.4, -0.2) is 13.1 Å². The molecular formula is C9H8F3NO. The van der Waals surface area contributed by atoms with Gasteiger partial charge in [0.15, 0.2) is 0 Å². The highest BCUT2D eigenvalue weighted by Crippen LogP contribution is 2.23. The van der Waals surface area contributed by atoms with Crippen LogP contribution in [0.4, 0.5) is 13.2 Å². The van der Waals surface area contributed by atoms with Crippen LogP contribution in [0.25, 0.3) is 0 Å². The molecule has 0 aliphatic rings. The van der Waals surface area contributed by atoms with Crippen LogP contribution in [0, 0.1) is 0 Å². The smallest absolute Gasteiger partial charge is 0.406 e. The number of hydrogen-bond donors (Lipinski definition) is 0. The van der Waals surface area contributed by atoms with Crippen molar-refractivity contribution in [1.82, 2.24) is 0 Å². The van der Waals surface area contributed by atoms with E-state index in [9.17, 15) is 13.2 Å². The maximum Gasteiger partial charge on any atom is 0.573 e. The number of hydrogen-bond acceptors (Lipinski definition) is 2. The van der Waals surface area contributed by atoms with Crippen molar-refractivity contribution in [3.63, 3.8) is 0 Å². The molecule has 2 nitrogen and oxygen atoms in total. The summed E-state index contributed by atoms with van der Waals surface area (Å²) in [6.07, 6.45) is -4.65. The van der Waals surface area contributed by atoms with Gasteiger partial charge in [-0.3, -0.25) is 4.99 Å². The number of ether oxygens (including phenoxy) is 1. The molecule has 0 N–H and O–H groups in total. The van der Waals surface area contributed by atoms with Crippen LogP contribution >= 0.6 is 0 Å². The second-order valence-corrected chi connectivity index (χ2v) is 2.58. The highest BCUT2D eigenvalue weighted by atomic mass is 19.4. The summed E-state index contributed by atoms with van der Waals surface area (Å²) in [5, 5.41) is 0. The highest BCUT2D eigenvalue weighted by molar-refractivity contribution is 5.30. The van der Waals surface area contributed by atoms with Crippen molar-refractivity contribution < 1.29 is 17.9 Å². The van der Waals surface area contributed by atoms with Crippen LogP contribution in [0.3, 0.4) is 0 Å². The average molecular weight is 203 g/mol. The first-order valence-corrected chi connectivity index (χ1v) is 3.78. The van der Waals surface area contributed by atoms with E-state index in [4.69, 9.17) is 0 Å². The molecule has 0 spiro atoms. The molecule has 76 valence electrons. The van der Waals surface area contributed by atoms with E-state index in [0.717, 1.165) is 0 Å². The van der Waals surface area contributed by atoms with Crippen molar-refractivity contribution in [3.8, 4) is 5.75 Å². The molecule has 0 radical (unpaired) electrons. The van der Waals surface area contributed by atoms with E-state index in [1.165, 1.54) is 18.2 Å². The molecule has 0 aliphatic heterocycles. The van der Waals surface area contributed by atoms with Gasteiger partial charge in [0.2, 0.25) is 0 Å². The minimum atomic E-state index is -4.65. The van der Waals surface area contributed by atoms with E-state index in [2.05, 4.69) is 16.4 Å². The lowest BCUT2D eigenvalue weighted by Crippen LogP contribution is -2.17. The second-order valence-electron chi connectivity index (χ2n) is 2.58. The summed E-state index contributed by atoms with van der Waals surface area (Å²) in [7, 11) is 0. The third-order valence-corrected chi connectivity index (χ3v) is 1.43. The number of rotatable bonds is 3. The monoisotopic (exact) mass is 203 g/mol. The fourth-order valence-electron chi connectivity index (χ4n) is 0.970. The molecular weight excluding hydrogens is 195 g/mol. The second kappa shape index (κ2) is 4.13. The van der Waals surface area contributed by atoms with Gasteiger partial charge in [0, 0.05) is 0 Å². The van der Waals surface area contributed by atoms with Gasteiger partial charge in [-0.15, -0.1) is 13.2 Å². The summed E-state index contributed by atoms with van der Waals surface area (Å²) in [4.78, 5) is 3.56. The van der Waals surface area contributed by atoms with Crippen molar-refractivity contribution in [1.29, 1.82) is 0 Å². The number of benzene rings is 1. The molecule has 0 unspecified atom stereocenters. The lowest BCUT2D eigenvalue weighted by molar-refractivity contribution is -0.274. The summed E-state index contributed by atoms with van der Waals surface area (Å²) >= 11 is 0. The van der Waals surface area contributed by atoms with Gasteiger partial charge in [0.1, 0.15) is 5.75 Å². The highest BCUT2D eigenvalue weighted by Gasteiger charge is 2.30. The minimum absolute atomic E-state index is 0.237. The third kappa shape index (κ3) is 3.47. The Kier molecular flexibility index (Phi) is 3.11. The Morgan fingerprint density at radius 2 is 2.07 bits per heavy atom. The Morgan fingerprint density at radius 3 is 2.64 bits per heavy atom. The molecule has 0 heterocycles. The summed E-state index contributed by atoms with van der Waals surface area (Å²) in [6, 6.07) is 5.64. The average Bonchev–Trinajstić information content (AvgIpc) is 2.02.